The monoisotopic (exact) mass is 348 g/mol. The summed E-state index contributed by atoms with van der Waals surface area (Å²) in [4.78, 5) is 0. The second-order valence-electron chi connectivity index (χ2n) is 5.55. The molecule has 0 saturated carbocycles. The Morgan fingerprint density at radius 3 is 2.56 bits per heavy atom. The first-order valence-electron chi connectivity index (χ1n) is 7.82. The predicted molar refractivity (Wildman–Crippen MR) is 97.8 cm³/mol. The van der Waals surface area contributed by atoms with Crippen LogP contribution in [0.3, 0.4) is 0 Å². The number of nitrogens with two attached hydrogens (primary N) is 2. The summed E-state index contributed by atoms with van der Waals surface area (Å²) in [5, 5.41) is 32.9. The van der Waals surface area contributed by atoms with Crippen molar-refractivity contribution in [2.45, 2.75) is 13.2 Å². The highest BCUT2D eigenvalue weighted by Gasteiger charge is 2.21. The van der Waals surface area contributed by atoms with Crippen molar-refractivity contribution in [1.82, 2.24) is 0 Å². The van der Waals surface area contributed by atoms with E-state index in [2.05, 4.69) is 5.32 Å². The normalized spacial score (nSPS) is 11.8. The van der Waals surface area contributed by atoms with Crippen molar-refractivity contribution in [1.29, 1.82) is 0 Å². The molecule has 0 radical (unpaired) electrons. The third-order valence-electron chi connectivity index (χ3n) is 3.62. The third kappa shape index (κ3) is 4.66. The Labute approximate surface area is 146 Å². The highest BCUT2D eigenvalue weighted by Crippen LogP contribution is 2.28. The van der Waals surface area contributed by atoms with E-state index in [0.717, 1.165) is 16.3 Å². The van der Waals surface area contributed by atoms with Crippen molar-refractivity contribution in [3.63, 3.8) is 0 Å². The Kier molecular flexibility index (Phi) is 6.29. The molecule has 0 heterocycles. The minimum Gasteiger partial charge on any atom is -0.464 e. The van der Waals surface area contributed by atoms with E-state index in [1.165, 1.54) is 6.07 Å². The van der Waals surface area contributed by atoms with E-state index >= 15 is 0 Å². The number of nitrogen functional groups attached to an aromatic ring is 2. The van der Waals surface area contributed by atoms with Gasteiger partial charge in [-0.15, -0.1) is 0 Å². The minimum atomic E-state index is -1.06. The molecule has 8 N–H and O–H groups in total. The van der Waals surface area contributed by atoms with Crippen LogP contribution < -0.4 is 26.6 Å². The second-order valence-corrected chi connectivity index (χ2v) is 5.55. The molecular weight excluding hydrogens is 324 g/mol. The minimum absolute atomic E-state index is 0.00909. The van der Waals surface area contributed by atoms with E-state index in [-0.39, 0.29) is 6.61 Å². The maximum atomic E-state index is 10.5. The smallest absolute Gasteiger partial charge is 0.218 e. The fraction of sp³-hybridized carbons (Fsp3) is 0.294. The molecule has 0 aromatic heterocycles. The van der Waals surface area contributed by atoms with Gasteiger partial charge in [-0.2, -0.15) is 0 Å². The van der Waals surface area contributed by atoms with Crippen LogP contribution in [-0.2, 0) is 0 Å². The number of nitrogens with zero attached hydrogens (tertiary/aromatic N) is 1. The van der Waals surface area contributed by atoms with Crippen LogP contribution in [0.25, 0.3) is 0 Å². The lowest BCUT2D eigenvalue weighted by Gasteiger charge is -2.28. The number of ether oxygens (including phenoxy) is 1. The van der Waals surface area contributed by atoms with Gasteiger partial charge in [0.15, 0.2) is 0 Å². The largest absolute Gasteiger partial charge is 0.464 e. The van der Waals surface area contributed by atoms with E-state index in [0.29, 0.717) is 29.4 Å². The maximum absolute atomic E-state index is 10.5. The summed E-state index contributed by atoms with van der Waals surface area (Å²) in [6, 6.07) is 10.1. The molecule has 8 heteroatoms. The fourth-order valence-corrected chi connectivity index (χ4v) is 2.31. The number of anilines is 4. The van der Waals surface area contributed by atoms with Crippen LogP contribution in [0.2, 0.25) is 0 Å². The van der Waals surface area contributed by atoms with Crippen LogP contribution in [0.15, 0.2) is 36.4 Å². The van der Waals surface area contributed by atoms with Gasteiger partial charge < -0.3 is 31.7 Å². The summed E-state index contributed by atoms with van der Waals surface area (Å²) in [5.41, 5.74) is 14.3. The number of benzene rings is 2. The summed E-state index contributed by atoms with van der Waals surface area (Å²) in [5.74, 6) is 0.305. The van der Waals surface area contributed by atoms with E-state index in [1.807, 2.05) is 19.1 Å². The second kappa shape index (κ2) is 8.43. The summed E-state index contributed by atoms with van der Waals surface area (Å²) >= 11 is 0. The summed E-state index contributed by atoms with van der Waals surface area (Å²) in [6.07, 6.45) is -1.06. The Hall–Kier alpha value is -2.68. The van der Waals surface area contributed by atoms with Gasteiger partial charge in [0.2, 0.25) is 6.23 Å². The van der Waals surface area contributed by atoms with Gasteiger partial charge in [0.05, 0.1) is 18.0 Å². The van der Waals surface area contributed by atoms with Gasteiger partial charge in [0.25, 0.3) is 0 Å². The number of aliphatic hydroxyl groups is 2. The Balaban J connectivity index is 2.22. The molecule has 8 nitrogen and oxygen atoms in total. The number of hydrogen-bond donors (Lipinski definition) is 6. The summed E-state index contributed by atoms with van der Waals surface area (Å²) in [7, 11) is 0. The third-order valence-corrected chi connectivity index (χ3v) is 3.62. The fourth-order valence-electron chi connectivity index (χ4n) is 2.31. The lowest BCUT2D eigenvalue weighted by Crippen LogP contribution is -2.40. The first kappa shape index (κ1) is 18.7. The molecule has 0 aliphatic heterocycles. The molecule has 0 saturated heterocycles. The standard InChI is InChI=1S/C17H24N4O4/c1-11-2-4-13(20-6-7-22)9-15(11)21(24)17(10-23)25-16-5-3-12(18)8-14(16)19/h2-5,8-9,17,20,22-24H,6-7,10,18-19H2,1H3. The molecule has 1 unspecified atom stereocenters. The highest BCUT2D eigenvalue weighted by molar-refractivity contribution is 5.63. The Bertz CT molecular complexity index is 711. The van der Waals surface area contributed by atoms with Gasteiger partial charge in [-0.05, 0) is 42.8 Å². The van der Waals surface area contributed by atoms with Crippen molar-refractivity contribution in [2.24, 2.45) is 0 Å². The molecule has 0 aliphatic carbocycles. The number of hydrogen-bond acceptors (Lipinski definition) is 8. The van der Waals surface area contributed by atoms with Crippen LogP contribution in [0.4, 0.5) is 22.7 Å². The molecule has 2 aromatic rings. The molecule has 0 fully saturated rings. The first-order valence-corrected chi connectivity index (χ1v) is 7.82. The van der Waals surface area contributed by atoms with Gasteiger partial charge in [-0.1, -0.05) is 6.07 Å². The number of hydroxylamine groups is 1. The van der Waals surface area contributed by atoms with Crippen LogP contribution in [0.5, 0.6) is 5.75 Å². The molecule has 1 atom stereocenters. The van der Waals surface area contributed by atoms with Crippen LogP contribution in [0.1, 0.15) is 5.56 Å². The van der Waals surface area contributed by atoms with Gasteiger partial charge in [-0.25, -0.2) is 5.06 Å². The SMILES string of the molecule is Cc1ccc(NCCO)cc1N(O)C(CO)Oc1ccc(N)cc1N. The molecule has 25 heavy (non-hydrogen) atoms. The highest BCUT2D eigenvalue weighted by atomic mass is 16.6. The van der Waals surface area contributed by atoms with Crippen LogP contribution in [0, 0.1) is 6.92 Å². The zero-order valence-corrected chi connectivity index (χ0v) is 14.0. The number of rotatable bonds is 8. The van der Waals surface area contributed by atoms with E-state index in [1.54, 1.807) is 18.2 Å². The zero-order valence-electron chi connectivity index (χ0n) is 14.0. The number of nitrogens with one attached hydrogen (secondary N) is 1. The van der Waals surface area contributed by atoms with Gasteiger partial charge >= 0.3 is 0 Å². The Morgan fingerprint density at radius 2 is 1.92 bits per heavy atom. The lowest BCUT2D eigenvalue weighted by atomic mass is 10.1. The van der Waals surface area contributed by atoms with E-state index in [4.69, 9.17) is 21.3 Å². The van der Waals surface area contributed by atoms with Crippen molar-refractivity contribution < 1.29 is 20.2 Å². The topological polar surface area (TPSA) is 137 Å². The molecule has 2 aromatic carbocycles. The molecule has 2 rings (SSSR count). The molecule has 0 aliphatic rings. The van der Waals surface area contributed by atoms with Crippen molar-refractivity contribution in [3.8, 4) is 5.75 Å². The predicted octanol–water partition coefficient (Wildman–Crippen LogP) is 1.16. The summed E-state index contributed by atoms with van der Waals surface area (Å²) < 4.78 is 5.63. The lowest BCUT2D eigenvalue weighted by molar-refractivity contribution is 0.0406. The van der Waals surface area contributed by atoms with Crippen LogP contribution >= 0.6 is 0 Å². The van der Waals surface area contributed by atoms with Gasteiger partial charge in [0.1, 0.15) is 12.4 Å². The average Bonchev–Trinajstić information content (AvgIpc) is 2.60. The average molecular weight is 348 g/mol. The van der Waals surface area contributed by atoms with Gasteiger partial charge in [-0.3, -0.25) is 5.21 Å². The quantitative estimate of drug-likeness (QED) is 0.237. The molecule has 0 amide bonds. The molecule has 136 valence electrons. The van der Waals surface area contributed by atoms with Crippen LogP contribution in [-0.4, -0.2) is 41.4 Å². The van der Waals surface area contributed by atoms with E-state index < -0.39 is 12.8 Å². The first-order chi connectivity index (χ1) is 12.0. The summed E-state index contributed by atoms with van der Waals surface area (Å²) in [6.45, 7) is 1.73. The van der Waals surface area contributed by atoms with Crippen molar-refractivity contribution in [2.75, 3.05) is 41.6 Å². The number of aliphatic hydroxyl groups excluding tert-OH is 2. The van der Waals surface area contributed by atoms with Crippen molar-refractivity contribution in [3.05, 3.63) is 42.0 Å². The maximum Gasteiger partial charge on any atom is 0.218 e. The molecular formula is C17H24N4O4. The van der Waals surface area contributed by atoms with E-state index in [9.17, 15) is 10.3 Å². The van der Waals surface area contributed by atoms with Gasteiger partial charge in [0, 0.05) is 17.9 Å². The Morgan fingerprint density at radius 1 is 1.16 bits per heavy atom. The number of aryl methyl sites for hydroxylation is 1. The molecule has 0 bridgehead atoms. The molecule has 0 spiro atoms. The van der Waals surface area contributed by atoms with Crippen molar-refractivity contribution >= 4 is 22.7 Å². The zero-order chi connectivity index (χ0) is 18.4.